The molecule has 0 aliphatic carbocycles. The summed E-state index contributed by atoms with van der Waals surface area (Å²) in [6, 6.07) is 6.84. The summed E-state index contributed by atoms with van der Waals surface area (Å²) < 4.78 is 28.0. The molecule has 1 atom stereocenters. The number of hydrogen-bond donors (Lipinski definition) is 1. The smallest absolute Gasteiger partial charge is 0.285 e. The van der Waals surface area contributed by atoms with E-state index in [1.165, 1.54) is 0 Å². The monoisotopic (exact) mass is 280 g/mol. The molecule has 1 N–H and O–H groups in total. The summed E-state index contributed by atoms with van der Waals surface area (Å²) >= 11 is 0. The van der Waals surface area contributed by atoms with Crippen molar-refractivity contribution in [1.29, 1.82) is 0 Å². The lowest BCUT2D eigenvalue weighted by atomic mass is 10.0. The van der Waals surface area contributed by atoms with Crippen molar-refractivity contribution < 1.29 is 13.5 Å². The zero-order chi connectivity index (χ0) is 13.5. The topological polar surface area (TPSA) is 70.0 Å². The summed E-state index contributed by atoms with van der Waals surface area (Å²) in [4.78, 5) is 2.21. The van der Waals surface area contributed by atoms with Gasteiger partial charge >= 0.3 is 0 Å². The Balaban J connectivity index is 2.06. The van der Waals surface area contributed by atoms with Crippen LogP contribution >= 0.6 is 0 Å². The van der Waals surface area contributed by atoms with Gasteiger partial charge in [0.25, 0.3) is 10.0 Å². The van der Waals surface area contributed by atoms with Crippen molar-refractivity contribution in [2.45, 2.75) is 30.2 Å². The van der Waals surface area contributed by atoms with Crippen LogP contribution in [0.3, 0.4) is 0 Å². The number of nitrogens with zero attached hydrogens (tertiary/aromatic N) is 2. The van der Waals surface area contributed by atoms with Gasteiger partial charge in [0.2, 0.25) is 0 Å². The SMILES string of the molecule is O=S1(=O)N=C(N2CCCC[C@H]2CO)c2ccccc21. The van der Waals surface area contributed by atoms with Crippen LogP contribution in [0.2, 0.25) is 0 Å². The molecule has 0 spiro atoms. The number of hydrogen-bond acceptors (Lipinski definition) is 4. The van der Waals surface area contributed by atoms with Crippen molar-refractivity contribution in [3.8, 4) is 0 Å². The van der Waals surface area contributed by atoms with E-state index in [9.17, 15) is 13.5 Å². The van der Waals surface area contributed by atoms with Gasteiger partial charge in [-0.25, -0.2) is 0 Å². The average molecular weight is 280 g/mol. The summed E-state index contributed by atoms with van der Waals surface area (Å²) in [7, 11) is -3.57. The third-order valence-corrected chi connectivity index (χ3v) is 5.05. The number of sulfonamides is 1. The first-order chi connectivity index (χ1) is 9.13. The number of benzene rings is 1. The fourth-order valence-electron chi connectivity index (χ4n) is 2.76. The van der Waals surface area contributed by atoms with Crippen LogP contribution in [0, 0.1) is 0 Å². The average Bonchev–Trinajstić information content (AvgIpc) is 2.71. The summed E-state index contributed by atoms with van der Waals surface area (Å²) in [5.74, 6) is 0.495. The van der Waals surface area contributed by atoms with Gasteiger partial charge in [-0.3, -0.25) is 0 Å². The molecule has 6 heteroatoms. The summed E-state index contributed by atoms with van der Waals surface area (Å²) in [6.45, 7) is 0.773. The Morgan fingerprint density at radius 1 is 1.32 bits per heavy atom. The van der Waals surface area contributed by atoms with Gasteiger partial charge in [-0.05, 0) is 31.4 Å². The van der Waals surface area contributed by atoms with Crippen LogP contribution in [-0.4, -0.2) is 43.5 Å². The lowest BCUT2D eigenvalue weighted by Gasteiger charge is -2.36. The van der Waals surface area contributed by atoms with E-state index in [0.29, 0.717) is 11.4 Å². The fourth-order valence-corrected chi connectivity index (χ4v) is 3.98. The van der Waals surface area contributed by atoms with E-state index in [1.807, 2.05) is 11.0 Å². The van der Waals surface area contributed by atoms with Gasteiger partial charge in [-0.1, -0.05) is 12.1 Å². The number of rotatable bonds is 1. The van der Waals surface area contributed by atoms with E-state index >= 15 is 0 Å². The highest BCUT2D eigenvalue weighted by Gasteiger charge is 2.34. The molecule has 3 rings (SSSR count). The standard InChI is InChI=1S/C13H16N2O3S/c16-9-10-5-3-4-8-15(10)13-11-6-1-2-7-12(11)19(17,18)14-13/h1-2,6-7,10,16H,3-5,8-9H2/t10-/m0/s1. The third kappa shape index (κ3) is 2.04. The molecule has 2 aliphatic heterocycles. The molecule has 1 aromatic rings. The van der Waals surface area contributed by atoms with Crippen molar-refractivity contribution >= 4 is 15.9 Å². The number of fused-ring (bicyclic) bond motifs is 1. The van der Waals surface area contributed by atoms with Gasteiger partial charge in [0, 0.05) is 12.1 Å². The summed E-state index contributed by atoms with van der Waals surface area (Å²) in [6.07, 6.45) is 2.93. The predicted octanol–water partition coefficient (Wildman–Crippen LogP) is 0.982. The molecule has 19 heavy (non-hydrogen) atoms. The van der Waals surface area contributed by atoms with Crippen LogP contribution in [0.15, 0.2) is 33.6 Å². The van der Waals surface area contributed by atoms with Crippen molar-refractivity contribution in [3.05, 3.63) is 29.8 Å². The molecule has 0 radical (unpaired) electrons. The number of aliphatic hydroxyl groups is 1. The van der Waals surface area contributed by atoms with Gasteiger partial charge in [0.05, 0.1) is 12.6 Å². The van der Waals surface area contributed by atoms with E-state index in [2.05, 4.69) is 4.40 Å². The van der Waals surface area contributed by atoms with E-state index < -0.39 is 10.0 Å². The quantitative estimate of drug-likeness (QED) is 0.832. The van der Waals surface area contributed by atoms with Gasteiger partial charge < -0.3 is 10.0 Å². The van der Waals surface area contributed by atoms with Crippen LogP contribution in [0.4, 0.5) is 0 Å². The number of amidine groups is 1. The molecule has 1 fully saturated rings. The van der Waals surface area contributed by atoms with Gasteiger partial charge in [-0.2, -0.15) is 8.42 Å². The highest BCUT2D eigenvalue weighted by Crippen LogP contribution is 2.30. The molecule has 2 aliphatic rings. The molecule has 0 unspecified atom stereocenters. The van der Waals surface area contributed by atoms with Crippen molar-refractivity contribution in [1.82, 2.24) is 4.90 Å². The summed E-state index contributed by atoms with van der Waals surface area (Å²) in [5, 5.41) is 9.45. The Hall–Kier alpha value is -1.40. The molecule has 0 bridgehead atoms. The van der Waals surface area contributed by atoms with Crippen LogP contribution < -0.4 is 0 Å². The largest absolute Gasteiger partial charge is 0.394 e. The Kier molecular flexibility index (Phi) is 3.06. The van der Waals surface area contributed by atoms with E-state index in [-0.39, 0.29) is 17.5 Å². The minimum atomic E-state index is -3.57. The van der Waals surface area contributed by atoms with Crippen molar-refractivity contribution in [3.63, 3.8) is 0 Å². The maximum absolute atomic E-state index is 12.0. The first-order valence-electron chi connectivity index (χ1n) is 6.45. The molecule has 5 nitrogen and oxygen atoms in total. The molecule has 102 valence electrons. The van der Waals surface area contributed by atoms with Crippen LogP contribution in [0.1, 0.15) is 24.8 Å². The highest BCUT2D eigenvalue weighted by molar-refractivity contribution is 7.90. The maximum Gasteiger partial charge on any atom is 0.285 e. The molecule has 0 aromatic heterocycles. The van der Waals surface area contributed by atoms with Gasteiger partial charge in [0.15, 0.2) is 5.84 Å². The molecule has 0 amide bonds. The minimum Gasteiger partial charge on any atom is -0.394 e. The van der Waals surface area contributed by atoms with E-state index in [4.69, 9.17) is 0 Å². The van der Waals surface area contributed by atoms with E-state index in [1.54, 1.807) is 18.2 Å². The van der Waals surface area contributed by atoms with Gasteiger partial charge in [-0.15, -0.1) is 4.40 Å². The second-order valence-electron chi connectivity index (χ2n) is 4.91. The summed E-state index contributed by atoms with van der Waals surface area (Å²) in [5.41, 5.74) is 0.655. The maximum atomic E-state index is 12.0. The Morgan fingerprint density at radius 3 is 2.89 bits per heavy atom. The Morgan fingerprint density at radius 2 is 2.11 bits per heavy atom. The predicted molar refractivity (Wildman–Crippen MR) is 71.6 cm³/mol. The Bertz CT molecular complexity index is 625. The molecule has 2 heterocycles. The van der Waals surface area contributed by atoms with Crippen LogP contribution in [-0.2, 0) is 10.0 Å². The highest BCUT2D eigenvalue weighted by atomic mass is 32.2. The molecule has 0 saturated carbocycles. The first kappa shape index (κ1) is 12.6. The third-order valence-electron chi connectivity index (χ3n) is 3.72. The zero-order valence-electron chi connectivity index (χ0n) is 10.5. The van der Waals surface area contributed by atoms with Crippen LogP contribution in [0.5, 0.6) is 0 Å². The normalized spacial score (nSPS) is 25.0. The molecular formula is C13H16N2O3S. The fraction of sp³-hybridized carbons (Fsp3) is 0.462. The van der Waals surface area contributed by atoms with Gasteiger partial charge in [0.1, 0.15) is 4.90 Å². The lowest BCUT2D eigenvalue weighted by Crippen LogP contribution is -2.45. The molecule has 1 aromatic carbocycles. The van der Waals surface area contributed by atoms with Crippen LogP contribution in [0.25, 0.3) is 0 Å². The molecule has 1 saturated heterocycles. The second kappa shape index (κ2) is 4.61. The zero-order valence-corrected chi connectivity index (χ0v) is 11.3. The Labute approximate surface area is 112 Å². The number of likely N-dealkylation sites (tertiary alicyclic amines) is 1. The first-order valence-corrected chi connectivity index (χ1v) is 7.89. The second-order valence-corrected chi connectivity index (χ2v) is 6.48. The van der Waals surface area contributed by atoms with Crippen molar-refractivity contribution in [2.75, 3.05) is 13.2 Å². The number of aliphatic hydroxyl groups excluding tert-OH is 1. The number of piperidine rings is 1. The lowest BCUT2D eigenvalue weighted by molar-refractivity contribution is 0.147. The van der Waals surface area contributed by atoms with Crippen molar-refractivity contribution in [2.24, 2.45) is 4.40 Å². The minimum absolute atomic E-state index is 0.0290. The molecular weight excluding hydrogens is 264 g/mol. The van der Waals surface area contributed by atoms with E-state index in [0.717, 1.165) is 25.8 Å².